The van der Waals surface area contributed by atoms with E-state index in [9.17, 15) is 9.18 Å². The summed E-state index contributed by atoms with van der Waals surface area (Å²) < 4.78 is 23.3. The van der Waals surface area contributed by atoms with Gasteiger partial charge in [-0.05, 0) is 12.5 Å². The fourth-order valence-corrected chi connectivity index (χ4v) is 2.00. The van der Waals surface area contributed by atoms with Crippen LogP contribution < -0.4 is 0 Å². The Labute approximate surface area is 120 Å². The normalized spacial score (nSPS) is 14.2. The second-order valence-corrected chi connectivity index (χ2v) is 5.27. The monoisotopic (exact) mass is 282 g/mol. The summed E-state index contributed by atoms with van der Waals surface area (Å²) in [6.45, 7) is 5.09. The van der Waals surface area contributed by atoms with Crippen LogP contribution in [0.15, 0.2) is 30.3 Å². The molecular formula is C16H23FO3. The van der Waals surface area contributed by atoms with Crippen LogP contribution in [-0.4, -0.2) is 31.3 Å². The van der Waals surface area contributed by atoms with Crippen molar-refractivity contribution in [1.82, 2.24) is 0 Å². The Morgan fingerprint density at radius 3 is 2.50 bits per heavy atom. The van der Waals surface area contributed by atoms with Gasteiger partial charge in [-0.3, -0.25) is 4.79 Å². The Kier molecular flexibility index (Phi) is 6.82. The van der Waals surface area contributed by atoms with Crippen LogP contribution in [0.25, 0.3) is 0 Å². The summed E-state index contributed by atoms with van der Waals surface area (Å²) in [5.74, 6) is -0.251. The number of halogens is 1. The van der Waals surface area contributed by atoms with E-state index in [1.165, 1.54) is 0 Å². The summed E-state index contributed by atoms with van der Waals surface area (Å²) in [6.07, 6.45) is 0. The van der Waals surface area contributed by atoms with Crippen LogP contribution in [0, 0.1) is 5.92 Å². The summed E-state index contributed by atoms with van der Waals surface area (Å²) in [5, 5.41) is 0. The maximum Gasteiger partial charge on any atom is 0.169 e. The van der Waals surface area contributed by atoms with Gasteiger partial charge in [0.15, 0.2) is 5.78 Å². The standard InChI is InChI=1S/C16H23FO3/c1-13(2)15(18)16(3,20-10-9-17)12-19-11-14-7-5-4-6-8-14/h4-8,13H,9-12H2,1-3H3. The Morgan fingerprint density at radius 1 is 1.30 bits per heavy atom. The van der Waals surface area contributed by atoms with E-state index in [-0.39, 0.29) is 24.9 Å². The van der Waals surface area contributed by atoms with Crippen LogP contribution in [0.2, 0.25) is 0 Å². The van der Waals surface area contributed by atoms with E-state index in [1.807, 2.05) is 30.3 Å². The van der Waals surface area contributed by atoms with Gasteiger partial charge >= 0.3 is 0 Å². The van der Waals surface area contributed by atoms with Crippen molar-refractivity contribution in [2.75, 3.05) is 19.9 Å². The number of benzene rings is 1. The number of hydrogen-bond donors (Lipinski definition) is 0. The highest BCUT2D eigenvalue weighted by atomic mass is 19.1. The van der Waals surface area contributed by atoms with Crippen molar-refractivity contribution < 1.29 is 18.7 Å². The molecule has 0 bridgehead atoms. The third kappa shape index (κ3) is 5.02. The van der Waals surface area contributed by atoms with Gasteiger partial charge in [-0.1, -0.05) is 44.2 Å². The first-order valence-electron chi connectivity index (χ1n) is 6.85. The molecule has 20 heavy (non-hydrogen) atoms. The Morgan fingerprint density at radius 2 is 1.95 bits per heavy atom. The number of alkyl halides is 1. The number of hydrogen-bond acceptors (Lipinski definition) is 3. The quantitative estimate of drug-likeness (QED) is 0.698. The molecule has 0 heterocycles. The molecule has 1 aromatic carbocycles. The summed E-state index contributed by atoms with van der Waals surface area (Å²) in [7, 11) is 0. The first-order valence-corrected chi connectivity index (χ1v) is 6.85. The Bertz CT molecular complexity index is 405. The van der Waals surface area contributed by atoms with Gasteiger partial charge in [0.05, 0.1) is 19.8 Å². The van der Waals surface area contributed by atoms with Crippen molar-refractivity contribution in [3.05, 3.63) is 35.9 Å². The van der Waals surface area contributed by atoms with E-state index >= 15 is 0 Å². The molecule has 1 rings (SSSR count). The topological polar surface area (TPSA) is 35.5 Å². The number of carbonyl (C=O) groups excluding carboxylic acids is 1. The molecule has 0 radical (unpaired) electrons. The molecule has 0 aliphatic rings. The molecule has 0 amide bonds. The summed E-state index contributed by atoms with van der Waals surface area (Å²) >= 11 is 0. The molecule has 0 aliphatic carbocycles. The Hall–Kier alpha value is -1.26. The average molecular weight is 282 g/mol. The van der Waals surface area contributed by atoms with Gasteiger partial charge in [0.25, 0.3) is 0 Å². The molecule has 0 saturated heterocycles. The lowest BCUT2D eigenvalue weighted by Gasteiger charge is -2.29. The second-order valence-electron chi connectivity index (χ2n) is 5.27. The minimum atomic E-state index is -1.09. The fraction of sp³-hybridized carbons (Fsp3) is 0.562. The van der Waals surface area contributed by atoms with E-state index < -0.39 is 12.3 Å². The summed E-state index contributed by atoms with van der Waals surface area (Å²) in [5.41, 5.74) is -0.0629. The molecule has 0 spiro atoms. The van der Waals surface area contributed by atoms with Gasteiger partial charge in [0, 0.05) is 5.92 Å². The third-order valence-corrected chi connectivity index (χ3v) is 3.03. The SMILES string of the molecule is CC(C)C(=O)C(C)(COCc1ccccc1)OCCF. The van der Waals surface area contributed by atoms with Gasteiger partial charge in [-0.15, -0.1) is 0 Å². The highest BCUT2D eigenvalue weighted by Crippen LogP contribution is 2.18. The molecule has 1 aromatic rings. The predicted octanol–water partition coefficient (Wildman–Crippen LogP) is 3.17. The first-order chi connectivity index (χ1) is 9.49. The number of ketones is 1. The van der Waals surface area contributed by atoms with E-state index in [4.69, 9.17) is 9.47 Å². The maximum absolute atomic E-state index is 12.3. The first kappa shape index (κ1) is 16.8. The van der Waals surface area contributed by atoms with Gasteiger partial charge in [-0.2, -0.15) is 0 Å². The number of ether oxygens (including phenoxy) is 2. The van der Waals surface area contributed by atoms with Gasteiger partial charge < -0.3 is 9.47 Å². The molecule has 112 valence electrons. The Balaban J connectivity index is 2.58. The number of carbonyl (C=O) groups is 1. The number of Topliss-reactive ketones (excluding diaryl/α,β-unsaturated/α-hetero) is 1. The zero-order chi connectivity index (χ0) is 15.0. The van der Waals surface area contributed by atoms with E-state index in [1.54, 1.807) is 20.8 Å². The molecule has 0 N–H and O–H groups in total. The predicted molar refractivity (Wildman–Crippen MR) is 76.3 cm³/mol. The zero-order valence-corrected chi connectivity index (χ0v) is 12.4. The molecule has 0 aromatic heterocycles. The van der Waals surface area contributed by atoms with Crippen molar-refractivity contribution in [3.63, 3.8) is 0 Å². The van der Waals surface area contributed by atoms with Crippen LogP contribution in [-0.2, 0) is 20.9 Å². The molecule has 0 saturated carbocycles. The molecule has 4 heteroatoms. The molecule has 0 fully saturated rings. The highest BCUT2D eigenvalue weighted by Gasteiger charge is 2.36. The average Bonchev–Trinajstić information content (AvgIpc) is 2.45. The van der Waals surface area contributed by atoms with Gasteiger partial charge in [0.1, 0.15) is 12.3 Å². The van der Waals surface area contributed by atoms with E-state index in [2.05, 4.69) is 0 Å². The molecule has 1 unspecified atom stereocenters. The van der Waals surface area contributed by atoms with Gasteiger partial charge in [-0.25, -0.2) is 4.39 Å². The minimum absolute atomic E-state index is 0.0704. The largest absolute Gasteiger partial charge is 0.373 e. The number of rotatable bonds is 9. The zero-order valence-electron chi connectivity index (χ0n) is 12.4. The van der Waals surface area contributed by atoms with Crippen molar-refractivity contribution in [2.45, 2.75) is 33.0 Å². The van der Waals surface area contributed by atoms with Crippen molar-refractivity contribution in [1.29, 1.82) is 0 Å². The fourth-order valence-electron chi connectivity index (χ4n) is 2.00. The lowest BCUT2D eigenvalue weighted by molar-refractivity contribution is -0.155. The minimum Gasteiger partial charge on any atom is -0.373 e. The molecule has 0 aliphatic heterocycles. The van der Waals surface area contributed by atoms with Crippen LogP contribution in [0.5, 0.6) is 0 Å². The highest BCUT2D eigenvalue weighted by molar-refractivity contribution is 5.88. The van der Waals surface area contributed by atoms with Crippen LogP contribution in [0.1, 0.15) is 26.3 Å². The summed E-state index contributed by atoms with van der Waals surface area (Å²) in [4.78, 5) is 12.2. The van der Waals surface area contributed by atoms with Crippen molar-refractivity contribution in [3.8, 4) is 0 Å². The third-order valence-electron chi connectivity index (χ3n) is 3.03. The molecular weight excluding hydrogens is 259 g/mol. The lowest BCUT2D eigenvalue weighted by Crippen LogP contribution is -2.45. The molecule has 1 atom stereocenters. The van der Waals surface area contributed by atoms with Crippen LogP contribution in [0.4, 0.5) is 4.39 Å². The van der Waals surface area contributed by atoms with Crippen molar-refractivity contribution >= 4 is 5.78 Å². The summed E-state index contributed by atoms with van der Waals surface area (Å²) in [6, 6.07) is 9.68. The van der Waals surface area contributed by atoms with Crippen LogP contribution >= 0.6 is 0 Å². The lowest BCUT2D eigenvalue weighted by atomic mass is 9.93. The molecule has 3 nitrogen and oxygen atoms in total. The second kappa shape index (κ2) is 8.12. The van der Waals surface area contributed by atoms with Crippen molar-refractivity contribution in [2.24, 2.45) is 5.92 Å². The smallest absolute Gasteiger partial charge is 0.169 e. The van der Waals surface area contributed by atoms with Gasteiger partial charge in [0.2, 0.25) is 0 Å². The van der Waals surface area contributed by atoms with E-state index in [0.29, 0.717) is 6.61 Å². The van der Waals surface area contributed by atoms with E-state index in [0.717, 1.165) is 5.56 Å². The maximum atomic E-state index is 12.3. The van der Waals surface area contributed by atoms with Crippen LogP contribution in [0.3, 0.4) is 0 Å².